The molecule has 1 rings (SSSR count). The van der Waals surface area contributed by atoms with Gasteiger partial charge in [-0.3, -0.25) is 4.79 Å². The molecule has 1 saturated carbocycles. The molecule has 2 atom stereocenters. The fourth-order valence-electron chi connectivity index (χ4n) is 1.67. The molecule has 0 aromatic rings. The maximum Gasteiger partial charge on any atom is 0.306 e. The van der Waals surface area contributed by atoms with Gasteiger partial charge in [0.25, 0.3) is 0 Å². The van der Waals surface area contributed by atoms with Crippen molar-refractivity contribution in [2.24, 2.45) is 5.92 Å². The van der Waals surface area contributed by atoms with Crippen LogP contribution < -0.4 is 0 Å². The minimum absolute atomic E-state index is 0.172. The summed E-state index contributed by atoms with van der Waals surface area (Å²) in [7, 11) is 0. The van der Waals surface area contributed by atoms with Crippen LogP contribution in [0.3, 0.4) is 0 Å². The van der Waals surface area contributed by atoms with E-state index in [9.17, 15) is 4.79 Å². The van der Waals surface area contributed by atoms with Crippen LogP contribution >= 0.6 is 0 Å². The lowest BCUT2D eigenvalue weighted by atomic mass is 10.1. The number of hydrogen-bond donors (Lipinski definition) is 1. The summed E-state index contributed by atoms with van der Waals surface area (Å²) in [6.07, 6.45) is 2.74. The van der Waals surface area contributed by atoms with E-state index in [1.165, 1.54) is 0 Å². The van der Waals surface area contributed by atoms with Crippen LogP contribution in [0.5, 0.6) is 0 Å². The van der Waals surface area contributed by atoms with E-state index >= 15 is 0 Å². The standard InChI is InChI=1S/C9H16O3/c1-6(2)12-8-4-3-7(5-8)9(10)11/h6-8H,3-5H2,1-2H3,(H,10,11)/t7-,8+/m0/s1. The van der Waals surface area contributed by atoms with E-state index in [-0.39, 0.29) is 18.1 Å². The number of hydrogen-bond acceptors (Lipinski definition) is 2. The van der Waals surface area contributed by atoms with Crippen molar-refractivity contribution in [1.29, 1.82) is 0 Å². The van der Waals surface area contributed by atoms with E-state index < -0.39 is 5.97 Å². The Morgan fingerprint density at radius 2 is 2.17 bits per heavy atom. The van der Waals surface area contributed by atoms with Gasteiger partial charge in [0.1, 0.15) is 0 Å². The van der Waals surface area contributed by atoms with Gasteiger partial charge in [0.05, 0.1) is 18.1 Å². The van der Waals surface area contributed by atoms with Gasteiger partial charge in [-0.15, -0.1) is 0 Å². The molecular weight excluding hydrogens is 156 g/mol. The van der Waals surface area contributed by atoms with Crippen molar-refractivity contribution in [2.45, 2.75) is 45.3 Å². The highest BCUT2D eigenvalue weighted by atomic mass is 16.5. The molecule has 0 aromatic heterocycles. The van der Waals surface area contributed by atoms with Gasteiger partial charge in [-0.2, -0.15) is 0 Å². The van der Waals surface area contributed by atoms with Gasteiger partial charge in [-0.1, -0.05) is 0 Å². The summed E-state index contributed by atoms with van der Waals surface area (Å²) in [6, 6.07) is 0. The SMILES string of the molecule is CC(C)O[C@@H]1CC[C@H](C(=O)O)C1. The molecule has 0 heterocycles. The third-order valence-electron chi connectivity index (χ3n) is 2.20. The molecule has 0 saturated heterocycles. The lowest BCUT2D eigenvalue weighted by Gasteiger charge is -2.14. The predicted molar refractivity (Wildman–Crippen MR) is 45.0 cm³/mol. The van der Waals surface area contributed by atoms with Crippen molar-refractivity contribution in [3.63, 3.8) is 0 Å². The topological polar surface area (TPSA) is 46.5 Å². The number of carboxylic acid groups (broad SMARTS) is 1. The summed E-state index contributed by atoms with van der Waals surface area (Å²) < 4.78 is 5.53. The van der Waals surface area contributed by atoms with E-state index in [2.05, 4.69) is 0 Å². The first-order chi connectivity index (χ1) is 5.59. The Morgan fingerprint density at radius 1 is 1.50 bits per heavy atom. The van der Waals surface area contributed by atoms with E-state index in [0.29, 0.717) is 6.42 Å². The van der Waals surface area contributed by atoms with Crippen LogP contribution in [0.2, 0.25) is 0 Å². The number of aliphatic carboxylic acids is 1. The Bertz CT molecular complexity index is 165. The molecule has 3 nitrogen and oxygen atoms in total. The Morgan fingerprint density at radius 3 is 2.58 bits per heavy atom. The van der Waals surface area contributed by atoms with Crippen molar-refractivity contribution in [3.05, 3.63) is 0 Å². The van der Waals surface area contributed by atoms with Crippen LogP contribution in [0.1, 0.15) is 33.1 Å². The molecule has 0 amide bonds. The third kappa shape index (κ3) is 2.48. The minimum Gasteiger partial charge on any atom is -0.481 e. The first kappa shape index (κ1) is 9.52. The average molecular weight is 172 g/mol. The molecule has 0 aromatic carbocycles. The summed E-state index contributed by atoms with van der Waals surface area (Å²) in [5, 5.41) is 8.71. The molecule has 1 aliphatic rings. The van der Waals surface area contributed by atoms with Gasteiger partial charge >= 0.3 is 5.97 Å². The maximum atomic E-state index is 10.6. The quantitative estimate of drug-likeness (QED) is 0.704. The molecule has 1 fully saturated rings. The summed E-state index contributed by atoms with van der Waals surface area (Å²) in [6.45, 7) is 3.96. The van der Waals surface area contributed by atoms with Gasteiger partial charge in [0, 0.05) is 0 Å². The fourth-order valence-corrected chi connectivity index (χ4v) is 1.67. The second kappa shape index (κ2) is 3.90. The van der Waals surface area contributed by atoms with Gasteiger partial charge in [-0.05, 0) is 33.1 Å². The van der Waals surface area contributed by atoms with Crippen molar-refractivity contribution in [1.82, 2.24) is 0 Å². The van der Waals surface area contributed by atoms with Crippen molar-refractivity contribution < 1.29 is 14.6 Å². The predicted octanol–water partition coefficient (Wildman–Crippen LogP) is 1.66. The Kier molecular flexibility index (Phi) is 3.09. The van der Waals surface area contributed by atoms with Crippen LogP contribution in [0.15, 0.2) is 0 Å². The Balaban J connectivity index is 2.30. The maximum absolute atomic E-state index is 10.6. The molecule has 0 radical (unpaired) electrons. The second-order valence-electron chi connectivity index (χ2n) is 3.66. The fraction of sp³-hybridized carbons (Fsp3) is 0.889. The molecule has 12 heavy (non-hydrogen) atoms. The van der Waals surface area contributed by atoms with Crippen LogP contribution in [0.25, 0.3) is 0 Å². The summed E-state index contributed by atoms with van der Waals surface area (Å²) in [5.74, 6) is -0.849. The average Bonchev–Trinajstić information content (AvgIpc) is 2.34. The molecule has 0 aliphatic heterocycles. The molecule has 1 aliphatic carbocycles. The monoisotopic (exact) mass is 172 g/mol. The highest BCUT2D eigenvalue weighted by Gasteiger charge is 2.30. The number of carboxylic acids is 1. The first-order valence-corrected chi connectivity index (χ1v) is 4.48. The lowest BCUT2D eigenvalue weighted by molar-refractivity contribution is -0.141. The van der Waals surface area contributed by atoms with E-state index in [4.69, 9.17) is 9.84 Å². The zero-order valence-electron chi connectivity index (χ0n) is 7.62. The molecular formula is C9H16O3. The Labute approximate surface area is 72.7 Å². The highest BCUT2D eigenvalue weighted by molar-refractivity contribution is 5.70. The van der Waals surface area contributed by atoms with Gasteiger partial charge in [0.2, 0.25) is 0 Å². The number of rotatable bonds is 3. The summed E-state index contributed by atoms with van der Waals surface area (Å²) >= 11 is 0. The number of ether oxygens (including phenoxy) is 1. The van der Waals surface area contributed by atoms with Crippen LogP contribution in [0.4, 0.5) is 0 Å². The summed E-state index contributed by atoms with van der Waals surface area (Å²) in [5.41, 5.74) is 0. The van der Waals surface area contributed by atoms with Crippen LogP contribution in [0, 0.1) is 5.92 Å². The largest absolute Gasteiger partial charge is 0.481 e. The smallest absolute Gasteiger partial charge is 0.306 e. The van der Waals surface area contributed by atoms with Gasteiger partial charge in [-0.25, -0.2) is 0 Å². The van der Waals surface area contributed by atoms with E-state index in [0.717, 1.165) is 12.8 Å². The van der Waals surface area contributed by atoms with Crippen LogP contribution in [-0.4, -0.2) is 23.3 Å². The molecule has 0 spiro atoms. The molecule has 0 unspecified atom stereocenters. The zero-order valence-corrected chi connectivity index (χ0v) is 7.62. The molecule has 0 bridgehead atoms. The van der Waals surface area contributed by atoms with Crippen molar-refractivity contribution >= 4 is 5.97 Å². The van der Waals surface area contributed by atoms with Crippen molar-refractivity contribution in [3.8, 4) is 0 Å². The normalized spacial score (nSPS) is 29.6. The van der Waals surface area contributed by atoms with Gasteiger partial charge in [0.15, 0.2) is 0 Å². The molecule has 3 heteroatoms. The highest BCUT2D eigenvalue weighted by Crippen LogP contribution is 2.28. The van der Waals surface area contributed by atoms with E-state index in [1.807, 2.05) is 13.8 Å². The van der Waals surface area contributed by atoms with Gasteiger partial charge < -0.3 is 9.84 Å². The number of carbonyl (C=O) groups is 1. The second-order valence-corrected chi connectivity index (χ2v) is 3.66. The van der Waals surface area contributed by atoms with Crippen LogP contribution in [-0.2, 0) is 9.53 Å². The molecule has 70 valence electrons. The zero-order chi connectivity index (χ0) is 9.14. The summed E-state index contributed by atoms with van der Waals surface area (Å²) in [4.78, 5) is 10.6. The van der Waals surface area contributed by atoms with E-state index in [1.54, 1.807) is 0 Å². The first-order valence-electron chi connectivity index (χ1n) is 4.48. The van der Waals surface area contributed by atoms with Crippen molar-refractivity contribution in [2.75, 3.05) is 0 Å². The molecule has 1 N–H and O–H groups in total. The minimum atomic E-state index is -0.676. The Hall–Kier alpha value is -0.570. The lowest BCUT2D eigenvalue weighted by Crippen LogP contribution is -2.16. The third-order valence-corrected chi connectivity index (χ3v) is 2.20.